The van der Waals surface area contributed by atoms with Crippen molar-refractivity contribution in [1.82, 2.24) is 4.98 Å². The van der Waals surface area contributed by atoms with E-state index < -0.39 is 5.82 Å². The summed E-state index contributed by atoms with van der Waals surface area (Å²) in [5.74, 6) is -0.948. The fourth-order valence-corrected chi connectivity index (χ4v) is 3.54. The molecule has 0 spiro atoms. The number of aryl methyl sites for hydroxylation is 1. The van der Waals surface area contributed by atoms with Crippen LogP contribution in [0.2, 0.25) is 0 Å². The predicted molar refractivity (Wildman–Crippen MR) is 75.6 cm³/mol. The molecule has 0 fully saturated rings. The van der Waals surface area contributed by atoms with Crippen LogP contribution in [0.4, 0.5) is 4.39 Å². The number of phenolic OH excluding ortho intramolecular Hbond substituents is 1. The van der Waals surface area contributed by atoms with Gasteiger partial charge in [-0.05, 0) is 31.0 Å². The monoisotopic (exact) mass is 291 g/mol. The number of fused-ring (bicyclic) bond motifs is 1. The molecule has 1 heterocycles. The minimum absolute atomic E-state index is 0.113. The highest BCUT2D eigenvalue weighted by Gasteiger charge is 2.36. The lowest BCUT2D eigenvalue weighted by atomic mass is 9.78. The molecule has 0 radical (unpaired) electrons. The number of carbonyl (C=O) groups excluding carboxylic acids is 1. The summed E-state index contributed by atoms with van der Waals surface area (Å²) in [4.78, 5) is 17.5. The molecule has 1 aromatic carbocycles. The van der Waals surface area contributed by atoms with Crippen LogP contribution in [0, 0.1) is 11.2 Å². The molecule has 20 heavy (non-hydrogen) atoms. The Labute approximate surface area is 120 Å². The molecular formula is C15H14FNO2S. The first-order valence-corrected chi connectivity index (χ1v) is 7.23. The average molecular weight is 291 g/mol. The number of nitrogens with zero attached hydrogens (tertiary/aromatic N) is 1. The minimum atomic E-state index is -0.678. The molecule has 104 valence electrons. The topological polar surface area (TPSA) is 50.2 Å². The largest absolute Gasteiger partial charge is 0.505 e. The summed E-state index contributed by atoms with van der Waals surface area (Å²) in [7, 11) is 0. The molecule has 5 heteroatoms. The quantitative estimate of drug-likeness (QED) is 0.869. The van der Waals surface area contributed by atoms with Crippen molar-refractivity contribution in [2.75, 3.05) is 0 Å². The number of aromatic nitrogens is 1. The van der Waals surface area contributed by atoms with Gasteiger partial charge in [0, 0.05) is 11.0 Å². The molecule has 3 rings (SSSR count). The maximum Gasteiger partial charge on any atom is 0.180 e. The maximum atomic E-state index is 13.4. The van der Waals surface area contributed by atoms with Crippen LogP contribution >= 0.6 is 11.3 Å². The van der Waals surface area contributed by atoms with E-state index in [1.807, 2.05) is 13.8 Å². The van der Waals surface area contributed by atoms with Gasteiger partial charge < -0.3 is 5.11 Å². The zero-order chi connectivity index (χ0) is 14.5. The first-order chi connectivity index (χ1) is 9.38. The highest BCUT2D eigenvalue weighted by atomic mass is 32.1. The van der Waals surface area contributed by atoms with E-state index in [1.54, 1.807) is 6.07 Å². The lowest BCUT2D eigenvalue weighted by molar-refractivity contribution is 0.0815. The lowest BCUT2D eigenvalue weighted by Crippen LogP contribution is -2.29. The Kier molecular flexibility index (Phi) is 2.90. The summed E-state index contributed by atoms with van der Waals surface area (Å²) >= 11 is 1.30. The van der Waals surface area contributed by atoms with Gasteiger partial charge in [-0.15, -0.1) is 11.3 Å². The van der Waals surface area contributed by atoms with Gasteiger partial charge in [-0.25, -0.2) is 9.37 Å². The van der Waals surface area contributed by atoms with Gasteiger partial charge in [0.1, 0.15) is 5.01 Å². The molecule has 1 N–H and O–H groups in total. The molecule has 1 aliphatic rings. The third-order valence-corrected chi connectivity index (χ3v) is 4.85. The second-order valence-corrected chi connectivity index (χ2v) is 6.67. The Balaban J connectivity index is 2.06. The maximum absolute atomic E-state index is 13.4. The van der Waals surface area contributed by atoms with Crippen LogP contribution in [0.5, 0.6) is 5.75 Å². The molecule has 0 saturated heterocycles. The first-order valence-electron chi connectivity index (χ1n) is 6.42. The van der Waals surface area contributed by atoms with E-state index in [2.05, 4.69) is 4.98 Å². The van der Waals surface area contributed by atoms with Gasteiger partial charge in [-0.2, -0.15) is 0 Å². The van der Waals surface area contributed by atoms with Crippen molar-refractivity contribution in [1.29, 1.82) is 0 Å². The van der Waals surface area contributed by atoms with E-state index >= 15 is 0 Å². The number of Topliss-reactive ketones (excluding diaryl/α,β-unsaturated/α-hetero) is 1. The van der Waals surface area contributed by atoms with Crippen molar-refractivity contribution < 1.29 is 14.3 Å². The van der Waals surface area contributed by atoms with Crippen molar-refractivity contribution in [3.63, 3.8) is 0 Å². The summed E-state index contributed by atoms with van der Waals surface area (Å²) in [5.41, 5.74) is 1.05. The molecule has 2 aromatic rings. The predicted octanol–water partition coefficient (Wildman–Crippen LogP) is 3.81. The number of phenols is 1. The number of benzene rings is 1. The molecule has 0 unspecified atom stereocenters. The normalized spacial score (nSPS) is 17.1. The first kappa shape index (κ1) is 13.2. The zero-order valence-corrected chi connectivity index (χ0v) is 12.1. The van der Waals surface area contributed by atoms with Gasteiger partial charge in [0.2, 0.25) is 0 Å². The van der Waals surface area contributed by atoms with Crippen LogP contribution in [-0.4, -0.2) is 15.9 Å². The standard InChI is InChI=1S/C15H14FNO2S/c1-15(2)6-5-10-12(13(15)19)20-14(17-10)8-3-4-11(18)9(16)7-8/h3-4,7,18H,5-6H2,1-2H3. The molecule has 0 saturated carbocycles. The fourth-order valence-electron chi connectivity index (χ4n) is 2.31. The van der Waals surface area contributed by atoms with Crippen molar-refractivity contribution in [3.8, 4) is 16.3 Å². The summed E-state index contributed by atoms with van der Waals surface area (Å²) < 4.78 is 13.4. The number of hydrogen-bond donors (Lipinski definition) is 1. The minimum Gasteiger partial charge on any atom is -0.505 e. The fraction of sp³-hybridized carbons (Fsp3) is 0.333. The summed E-state index contributed by atoms with van der Waals surface area (Å²) in [5, 5.41) is 9.84. The zero-order valence-electron chi connectivity index (χ0n) is 11.2. The third-order valence-electron chi connectivity index (χ3n) is 3.70. The highest BCUT2D eigenvalue weighted by molar-refractivity contribution is 7.17. The Morgan fingerprint density at radius 1 is 1.40 bits per heavy atom. The van der Waals surface area contributed by atoms with E-state index in [0.717, 1.165) is 18.5 Å². The third kappa shape index (κ3) is 2.02. The van der Waals surface area contributed by atoms with Crippen molar-refractivity contribution >= 4 is 17.1 Å². The summed E-state index contributed by atoms with van der Waals surface area (Å²) in [6.45, 7) is 3.88. The van der Waals surface area contributed by atoms with E-state index in [-0.39, 0.29) is 16.9 Å². The van der Waals surface area contributed by atoms with Crippen molar-refractivity contribution in [2.24, 2.45) is 5.41 Å². The number of hydrogen-bond acceptors (Lipinski definition) is 4. The van der Waals surface area contributed by atoms with Crippen LogP contribution in [0.25, 0.3) is 10.6 Å². The van der Waals surface area contributed by atoms with Gasteiger partial charge in [-0.3, -0.25) is 4.79 Å². The van der Waals surface area contributed by atoms with Gasteiger partial charge in [0.25, 0.3) is 0 Å². The van der Waals surface area contributed by atoms with E-state index in [4.69, 9.17) is 0 Å². The van der Waals surface area contributed by atoms with Gasteiger partial charge in [0.15, 0.2) is 17.3 Å². The van der Waals surface area contributed by atoms with Gasteiger partial charge in [0.05, 0.1) is 10.6 Å². The average Bonchev–Trinajstić information content (AvgIpc) is 2.82. The van der Waals surface area contributed by atoms with Crippen LogP contribution in [-0.2, 0) is 6.42 Å². The SMILES string of the molecule is CC1(C)CCc2nc(-c3ccc(O)c(F)c3)sc2C1=O. The number of thiazole rings is 1. The molecule has 0 atom stereocenters. The Morgan fingerprint density at radius 2 is 2.15 bits per heavy atom. The number of carbonyl (C=O) groups is 1. The molecule has 3 nitrogen and oxygen atoms in total. The molecular weight excluding hydrogens is 277 g/mol. The molecule has 0 amide bonds. The Hall–Kier alpha value is -1.75. The molecule has 0 aliphatic heterocycles. The van der Waals surface area contributed by atoms with Crippen LogP contribution < -0.4 is 0 Å². The lowest BCUT2D eigenvalue weighted by Gasteiger charge is -2.26. The summed E-state index contributed by atoms with van der Waals surface area (Å²) in [6.07, 6.45) is 1.55. The Morgan fingerprint density at radius 3 is 2.85 bits per heavy atom. The van der Waals surface area contributed by atoms with E-state index in [1.165, 1.54) is 23.5 Å². The van der Waals surface area contributed by atoms with E-state index in [9.17, 15) is 14.3 Å². The van der Waals surface area contributed by atoms with Crippen LogP contribution in [0.15, 0.2) is 18.2 Å². The van der Waals surface area contributed by atoms with E-state index in [0.29, 0.717) is 15.4 Å². The highest BCUT2D eigenvalue weighted by Crippen LogP contribution is 2.40. The van der Waals surface area contributed by atoms with Crippen molar-refractivity contribution in [2.45, 2.75) is 26.7 Å². The van der Waals surface area contributed by atoms with Gasteiger partial charge >= 0.3 is 0 Å². The number of aromatic hydroxyl groups is 1. The molecule has 0 bridgehead atoms. The van der Waals surface area contributed by atoms with Gasteiger partial charge in [-0.1, -0.05) is 13.8 Å². The summed E-state index contributed by atoms with van der Waals surface area (Å²) in [6, 6.07) is 4.16. The number of halogens is 1. The second kappa shape index (κ2) is 4.38. The Bertz CT molecular complexity index is 706. The smallest absolute Gasteiger partial charge is 0.180 e. The molecule has 1 aromatic heterocycles. The van der Waals surface area contributed by atoms with Crippen molar-refractivity contribution in [3.05, 3.63) is 34.6 Å². The number of rotatable bonds is 1. The van der Waals surface area contributed by atoms with Crippen LogP contribution in [0.3, 0.4) is 0 Å². The number of ketones is 1. The second-order valence-electron chi connectivity index (χ2n) is 5.67. The van der Waals surface area contributed by atoms with Crippen LogP contribution in [0.1, 0.15) is 35.6 Å². The molecule has 1 aliphatic carbocycles.